The first-order valence-corrected chi connectivity index (χ1v) is 5.96. The predicted molar refractivity (Wildman–Crippen MR) is 73.3 cm³/mol. The van der Waals surface area contributed by atoms with Gasteiger partial charge >= 0.3 is 5.97 Å². The normalized spacial score (nSPS) is 11.3. The van der Waals surface area contributed by atoms with Gasteiger partial charge in [-0.2, -0.15) is 0 Å². The number of carboxylic acids is 1. The number of aliphatic carboxylic acids is 1. The number of aliphatic hydroxyl groups is 1. The van der Waals surface area contributed by atoms with E-state index in [1.807, 2.05) is 30.3 Å². The van der Waals surface area contributed by atoms with E-state index in [-0.39, 0.29) is 5.76 Å². The van der Waals surface area contributed by atoms with Gasteiger partial charge in [0.25, 0.3) is 5.78 Å². The summed E-state index contributed by atoms with van der Waals surface area (Å²) in [5, 5.41) is 18.4. The molecule has 1 aromatic heterocycles. The fraction of sp³-hybridized carbons (Fsp3) is 0.0667. The number of carboxylic acid groups (broad SMARTS) is 1. The molecule has 0 aliphatic rings. The minimum absolute atomic E-state index is 0.350. The zero-order valence-corrected chi connectivity index (χ0v) is 10.5. The monoisotopic (exact) mass is 271 g/mol. The third-order valence-corrected chi connectivity index (χ3v) is 2.81. The molecule has 2 rings (SSSR count). The highest BCUT2D eigenvalue weighted by Gasteiger charge is 2.14. The molecule has 0 unspecified atom stereocenters. The van der Waals surface area contributed by atoms with Crippen molar-refractivity contribution in [3.05, 3.63) is 65.5 Å². The van der Waals surface area contributed by atoms with Gasteiger partial charge in [0, 0.05) is 12.3 Å². The number of hydrogen-bond donors (Lipinski definition) is 3. The summed E-state index contributed by atoms with van der Waals surface area (Å²) in [5.74, 6) is -3.15. The molecule has 0 atom stereocenters. The smallest absolute Gasteiger partial charge is 0.376 e. The summed E-state index contributed by atoms with van der Waals surface area (Å²) >= 11 is 0. The number of nitrogens with one attached hydrogen (secondary N) is 1. The van der Waals surface area contributed by atoms with Crippen molar-refractivity contribution < 1.29 is 19.8 Å². The van der Waals surface area contributed by atoms with Gasteiger partial charge in [0.1, 0.15) is 5.76 Å². The molecule has 5 heteroatoms. The third-order valence-electron chi connectivity index (χ3n) is 2.81. The fourth-order valence-corrected chi connectivity index (χ4v) is 1.86. The van der Waals surface area contributed by atoms with Gasteiger partial charge in [0.2, 0.25) is 0 Å². The summed E-state index contributed by atoms with van der Waals surface area (Å²) in [6.07, 6.45) is 2.89. The Bertz CT molecular complexity index is 656. The Balaban J connectivity index is 2.25. The van der Waals surface area contributed by atoms with E-state index < -0.39 is 11.8 Å². The average molecular weight is 271 g/mol. The maximum Gasteiger partial charge on any atom is 0.376 e. The van der Waals surface area contributed by atoms with E-state index in [1.165, 1.54) is 0 Å². The van der Waals surface area contributed by atoms with Crippen LogP contribution in [0.5, 0.6) is 0 Å². The highest BCUT2D eigenvalue weighted by molar-refractivity contribution is 6.38. The number of aliphatic hydroxyl groups excluding tert-OH is 1. The lowest BCUT2D eigenvalue weighted by Crippen LogP contribution is -2.09. The lowest BCUT2D eigenvalue weighted by atomic mass is 10.0. The molecular formula is C15H13NO4. The zero-order valence-electron chi connectivity index (χ0n) is 10.5. The molecular weight excluding hydrogens is 258 g/mol. The van der Waals surface area contributed by atoms with Crippen molar-refractivity contribution in [3.63, 3.8) is 0 Å². The Hall–Kier alpha value is -2.82. The van der Waals surface area contributed by atoms with Crippen molar-refractivity contribution in [1.29, 1.82) is 0 Å². The van der Waals surface area contributed by atoms with E-state index in [2.05, 4.69) is 4.98 Å². The zero-order chi connectivity index (χ0) is 14.5. The van der Waals surface area contributed by atoms with Gasteiger partial charge in [-0.15, -0.1) is 0 Å². The van der Waals surface area contributed by atoms with Crippen LogP contribution in [-0.2, 0) is 16.0 Å². The van der Waals surface area contributed by atoms with Crippen LogP contribution in [0.3, 0.4) is 0 Å². The Kier molecular flexibility index (Phi) is 4.00. The number of benzene rings is 1. The summed E-state index contributed by atoms with van der Waals surface area (Å²) in [6.45, 7) is 0. The van der Waals surface area contributed by atoms with Crippen LogP contribution in [-0.4, -0.2) is 26.9 Å². The summed E-state index contributed by atoms with van der Waals surface area (Å²) in [5.41, 5.74) is 2.18. The molecule has 20 heavy (non-hydrogen) atoms. The van der Waals surface area contributed by atoms with E-state index in [4.69, 9.17) is 5.11 Å². The number of aromatic amines is 1. The first-order valence-electron chi connectivity index (χ1n) is 5.96. The first kappa shape index (κ1) is 13.6. The topological polar surface area (TPSA) is 90.4 Å². The molecule has 0 aliphatic carbocycles. The van der Waals surface area contributed by atoms with E-state index in [1.54, 1.807) is 12.3 Å². The van der Waals surface area contributed by atoms with Crippen LogP contribution in [0.2, 0.25) is 0 Å². The van der Waals surface area contributed by atoms with Crippen LogP contribution in [0.4, 0.5) is 0 Å². The average Bonchev–Trinajstić information content (AvgIpc) is 2.88. The third kappa shape index (κ3) is 3.14. The Morgan fingerprint density at radius 1 is 1.10 bits per heavy atom. The number of hydrogen-bond acceptors (Lipinski definition) is 3. The molecule has 0 spiro atoms. The van der Waals surface area contributed by atoms with Gasteiger partial charge in [-0.3, -0.25) is 4.79 Å². The summed E-state index contributed by atoms with van der Waals surface area (Å²) in [4.78, 5) is 24.3. The molecule has 0 saturated heterocycles. The number of carbonyl (C=O) groups is 2. The van der Waals surface area contributed by atoms with Crippen molar-refractivity contribution in [2.75, 3.05) is 0 Å². The molecule has 0 amide bonds. The molecule has 1 aromatic carbocycles. The maximum absolute atomic E-state index is 11.1. The Morgan fingerprint density at radius 2 is 1.80 bits per heavy atom. The lowest BCUT2D eigenvalue weighted by molar-refractivity contribution is -0.146. The molecule has 0 fully saturated rings. The van der Waals surface area contributed by atoms with E-state index >= 15 is 0 Å². The summed E-state index contributed by atoms with van der Waals surface area (Å²) in [6, 6.07) is 11.4. The number of carbonyl (C=O) groups excluding carboxylic acids is 1. The molecule has 0 aliphatic heterocycles. The maximum atomic E-state index is 11.1. The molecule has 5 nitrogen and oxygen atoms in total. The molecule has 1 heterocycles. The van der Waals surface area contributed by atoms with Crippen molar-refractivity contribution in [2.24, 2.45) is 0 Å². The number of ketones is 1. The van der Waals surface area contributed by atoms with E-state index in [0.717, 1.165) is 11.1 Å². The van der Waals surface area contributed by atoms with E-state index in [0.29, 0.717) is 18.2 Å². The second-order valence-corrected chi connectivity index (χ2v) is 4.24. The van der Waals surface area contributed by atoms with Gasteiger partial charge in [-0.25, -0.2) is 4.79 Å². The number of aromatic nitrogens is 1. The minimum atomic E-state index is -1.60. The SMILES string of the molecule is O=C(O)C(=O)C=C(O)c1[nH]ccc1Cc1ccccc1. The highest BCUT2D eigenvalue weighted by Crippen LogP contribution is 2.19. The number of rotatable bonds is 5. The number of H-pyrrole nitrogens is 1. The van der Waals surface area contributed by atoms with Gasteiger partial charge in [-0.1, -0.05) is 30.3 Å². The Morgan fingerprint density at radius 3 is 2.45 bits per heavy atom. The molecule has 0 radical (unpaired) electrons. The second-order valence-electron chi connectivity index (χ2n) is 4.24. The van der Waals surface area contributed by atoms with Gasteiger partial charge in [0.05, 0.1) is 5.69 Å². The van der Waals surface area contributed by atoms with Crippen molar-refractivity contribution in [2.45, 2.75) is 6.42 Å². The lowest BCUT2D eigenvalue weighted by Gasteiger charge is -2.03. The van der Waals surface area contributed by atoms with Gasteiger partial charge < -0.3 is 15.2 Å². The van der Waals surface area contributed by atoms with Crippen molar-refractivity contribution in [3.8, 4) is 0 Å². The van der Waals surface area contributed by atoms with Crippen LogP contribution in [0.1, 0.15) is 16.8 Å². The first-order chi connectivity index (χ1) is 9.58. The molecule has 0 bridgehead atoms. The van der Waals surface area contributed by atoms with Gasteiger partial charge in [-0.05, 0) is 23.6 Å². The summed E-state index contributed by atoms with van der Waals surface area (Å²) in [7, 11) is 0. The van der Waals surface area contributed by atoms with Crippen LogP contribution in [0.15, 0.2) is 48.7 Å². The van der Waals surface area contributed by atoms with Gasteiger partial charge in [0.15, 0.2) is 0 Å². The predicted octanol–water partition coefficient (Wildman–Crippen LogP) is 2.16. The quantitative estimate of drug-likeness (QED) is 0.441. The minimum Gasteiger partial charge on any atom is -0.506 e. The van der Waals surface area contributed by atoms with Crippen molar-refractivity contribution >= 4 is 17.5 Å². The molecule has 0 saturated carbocycles. The summed E-state index contributed by atoms with van der Waals surface area (Å²) < 4.78 is 0. The Labute approximate surface area is 115 Å². The van der Waals surface area contributed by atoms with E-state index in [9.17, 15) is 14.7 Å². The van der Waals surface area contributed by atoms with Crippen LogP contribution >= 0.6 is 0 Å². The largest absolute Gasteiger partial charge is 0.506 e. The van der Waals surface area contributed by atoms with Crippen molar-refractivity contribution in [1.82, 2.24) is 4.98 Å². The molecule has 3 N–H and O–H groups in total. The molecule has 102 valence electrons. The van der Waals surface area contributed by atoms with Crippen LogP contribution in [0.25, 0.3) is 5.76 Å². The second kappa shape index (κ2) is 5.88. The fourth-order valence-electron chi connectivity index (χ4n) is 1.86. The van der Waals surface area contributed by atoms with Crippen LogP contribution in [0, 0.1) is 0 Å². The highest BCUT2D eigenvalue weighted by atomic mass is 16.4. The van der Waals surface area contributed by atoms with Crippen LogP contribution < -0.4 is 0 Å². The standard InChI is InChI=1S/C15H13NO4/c17-12(9-13(18)15(19)20)14-11(6-7-16-14)8-10-4-2-1-3-5-10/h1-7,9,16-17H,8H2,(H,19,20). The molecule has 2 aromatic rings.